The summed E-state index contributed by atoms with van der Waals surface area (Å²) < 4.78 is 0. The van der Waals surface area contributed by atoms with Crippen molar-refractivity contribution in [1.82, 2.24) is 5.32 Å². The van der Waals surface area contributed by atoms with Gasteiger partial charge < -0.3 is 10.4 Å². The van der Waals surface area contributed by atoms with Crippen LogP contribution in [0, 0.1) is 5.92 Å². The summed E-state index contributed by atoms with van der Waals surface area (Å²) in [6.07, 6.45) is 0.187. The molecular formula is C10H21NO2S. The molecule has 0 saturated heterocycles. The Morgan fingerprint density at radius 3 is 2.21 bits per heavy atom. The molecule has 4 heteroatoms. The number of aliphatic hydroxyl groups is 1. The van der Waals surface area contributed by atoms with Crippen LogP contribution in [0.4, 0.5) is 0 Å². The zero-order valence-electron chi connectivity index (χ0n) is 9.32. The Morgan fingerprint density at radius 2 is 1.86 bits per heavy atom. The minimum Gasteiger partial charge on any atom is -0.393 e. The van der Waals surface area contributed by atoms with Gasteiger partial charge in [0.2, 0.25) is 5.91 Å². The fourth-order valence-electron chi connectivity index (χ4n) is 1.20. The molecule has 14 heavy (non-hydrogen) atoms. The van der Waals surface area contributed by atoms with Gasteiger partial charge in [-0.1, -0.05) is 13.8 Å². The molecule has 0 radical (unpaired) electrons. The van der Waals surface area contributed by atoms with Gasteiger partial charge in [0, 0.05) is 6.04 Å². The molecule has 0 rings (SSSR count). The van der Waals surface area contributed by atoms with Crippen LogP contribution in [0.2, 0.25) is 0 Å². The fraction of sp³-hybridized carbons (Fsp3) is 0.900. The summed E-state index contributed by atoms with van der Waals surface area (Å²) >= 11 is 4.21. The van der Waals surface area contributed by atoms with E-state index in [1.165, 1.54) is 0 Å². The Bertz CT molecular complexity index is 183. The van der Waals surface area contributed by atoms with Gasteiger partial charge in [-0.15, -0.1) is 0 Å². The normalized spacial score (nSPS) is 17.6. The lowest BCUT2D eigenvalue weighted by molar-refractivity contribution is -0.121. The number of amides is 1. The zero-order valence-corrected chi connectivity index (χ0v) is 10.2. The van der Waals surface area contributed by atoms with Crippen molar-refractivity contribution in [2.24, 2.45) is 5.92 Å². The Labute approximate surface area is 91.7 Å². The standard InChI is InChI=1S/C10H21NO2S/c1-6(2)9(14)10(13)11-7(3)5-8(4)12/h6-9,12,14H,5H2,1-4H3,(H,11,13). The number of rotatable bonds is 5. The Morgan fingerprint density at radius 1 is 1.36 bits per heavy atom. The topological polar surface area (TPSA) is 49.3 Å². The van der Waals surface area contributed by atoms with Crippen molar-refractivity contribution < 1.29 is 9.90 Å². The molecule has 0 aliphatic rings. The van der Waals surface area contributed by atoms with Gasteiger partial charge in [0.05, 0.1) is 11.4 Å². The summed E-state index contributed by atoms with van der Waals surface area (Å²) in [4.78, 5) is 11.5. The molecule has 3 atom stereocenters. The highest BCUT2D eigenvalue weighted by molar-refractivity contribution is 7.81. The second-order valence-corrected chi connectivity index (χ2v) is 4.74. The molecule has 0 spiro atoms. The van der Waals surface area contributed by atoms with Crippen LogP contribution in [0.1, 0.15) is 34.1 Å². The van der Waals surface area contributed by atoms with E-state index in [0.29, 0.717) is 6.42 Å². The van der Waals surface area contributed by atoms with Crippen LogP contribution in [0.5, 0.6) is 0 Å². The number of thiol groups is 1. The second kappa shape index (κ2) is 6.30. The molecule has 0 heterocycles. The lowest BCUT2D eigenvalue weighted by Gasteiger charge is -2.19. The van der Waals surface area contributed by atoms with Gasteiger partial charge in [0.25, 0.3) is 0 Å². The van der Waals surface area contributed by atoms with Crippen LogP contribution in [-0.2, 0) is 4.79 Å². The predicted octanol–water partition coefficient (Wildman–Crippen LogP) is 1.22. The van der Waals surface area contributed by atoms with Crippen molar-refractivity contribution in [2.75, 3.05) is 0 Å². The van der Waals surface area contributed by atoms with E-state index in [0.717, 1.165) is 0 Å². The Balaban J connectivity index is 3.93. The van der Waals surface area contributed by atoms with E-state index in [1.54, 1.807) is 6.92 Å². The first-order chi connectivity index (χ1) is 6.34. The molecule has 84 valence electrons. The molecular weight excluding hydrogens is 198 g/mol. The third-order valence-electron chi connectivity index (χ3n) is 1.98. The second-order valence-electron chi connectivity index (χ2n) is 4.18. The number of carbonyl (C=O) groups excluding carboxylic acids is 1. The monoisotopic (exact) mass is 219 g/mol. The average Bonchev–Trinajstić information content (AvgIpc) is 2.00. The number of nitrogens with one attached hydrogen (secondary N) is 1. The molecule has 0 aliphatic heterocycles. The van der Waals surface area contributed by atoms with Gasteiger partial charge in [0.1, 0.15) is 0 Å². The van der Waals surface area contributed by atoms with Crippen molar-refractivity contribution in [3.63, 3.8) is 0 Å². The molecule has 0 saturated carbocycles. The smallest absolute Gasteiger partial charge is 0.233 e. The highest BCUT2D eigenvalue weighted by Crippen LogP contribution is 2.09. The summed E-state index contributed by atoms with van der Waals surface area (Å²) in [5, 5.41) is 11.7. The van der Waals surface area contributed by atoms with Crippen LogP contribution in [0.3, 0.4) is 0 Å². The van der Waals surface area contributed by atoms with Crippen molar-refractivity contribution in [3.05, 3.63) is 0 Å². The number of aliphatic hydroxyl groups excluding tert-OH is 1. The van der Waals surface area contributed by atoms with E-state index < -0.39 is 0 Å². The molecule has 0 aromatic rings. The van der Waals surface area contributed by atoms with Crippen LogP contribution < -0.4 is 5.32 Å². The largest absolute Gasteiger partial charge is 0.393 e. The predicted molar refractivity (Wildman–Crippen MR) is 61.5 cm³/mol. The summed E-state index contributed by atoms with van der Waals surface area (Å²) in [6, 6.07) is -0.00380. The third kappa shape index (κ3) is 5.50. The molecule has 0 aliphatic carbocycles. The number of hydrogen-bond donors (Lipinski definition) is 3. The number of hydrogen-bond acceptors (Lipinski definition) is 3. The molecule has 1 amide bonds. The quantitative estimate of drug-likeness (QED) is 0.609. The lowest BCUT2D eigenvalue weighted by atomic mass is 10.1. The highest BCUT2D eigenvalue weighted by Gasteiger charge is 2.19. The van der Waals surface area contributed by atoms with E-state index in [2.05, 4.69) is 17.9 Å². The van der Waals surface area contributed by atoms with E-state index in [1.807, 2.05) is 20.8 Å². The van der Waals surface area contributed by atoms with Crippen LogP contribution in [0.15, 0.2) is 0 Å². The van der Waals surface area contributed by atoms with Gasteiger partial charge >= 0.3 is 0 Å². The van der Waals surface area contributed by atoms with Crippen molar-refractivity contribution in [2.45, 2.75) is 51.5 Å². The molecule has 0 bridgehead atoms. The maximum Gasteiger partial charge on any atom is 0.233 e. The van der Waals surface area contributed by atoms with Crippen LogP contribution in [-0.4, -0.2) is 28.4 Å². The molecule has 2 N–H and O–H groups in total. The highest BCUT2D eigenvalue weighted by atomic mass is 32.1. The van der Waals surface area contributed by atoms with Gasteiger partial charge in [0.15, 0.2) is 0 Å². The lowest BCUT2D eigenvalue weighted by Crippen LogP contribution is -2.41. The zero-order chi connectivity index (χ0) is 11.3. The summed E-state index contributed by atoms with van der Waals surface area (Å²) in [5.74, 6) is 0.161. The number of carbonyl (C=O) groups is 1. The van der Waals surface area contributed by atoms with Gasteiger partial charge in [-0.2, -0.15) is 12.6 Å². The SMILES string of the molecule is CC(O)CC(C)NC(=O)C(S)C(C)C. The first-order valence-electron chi connectivity index (χ1n) is 5.01. The molecule has 0 fully saturated rings. The minimum atomic E-state index is -0.386. The van der Waals surface area contributed by atoms with Gasteiger partial charge in [-0.05, 0) is 26.2 Å². The molecule has 3 nitrogen and oxygen atoms in total. The van der Waals surface area contributed by atoms with E-state index >= 15 is 0 Å². The maximum atomic E-state index is 11.5. The van der Waals surface area contributed by atoms with Crippen molar-refractivity contribution in [1.29, 1.82) is 0 Å². The van der Waals surface area contributed by atoms with Gasteiger partial charge in [-0.25, -0.2) is 0 Å². The maximum absolute atomic E-state index is 11.5. The molecule has 0 aromatic carbocycles. The Hall–Kier alpha value is -0.220. The van der Waals surface area contributed by atoms with Crippen LogP contribution in [0.25, 0.3) is 0 Å². The Kier molecular flexibility index (Phi) is 6.20. The van der Waals surface area contributed by atoms with Crippen molar-refractivity contribution in [3.8, 4) is 0 Å². The van der Waals surface area contributed by atoms with E-state index in [9.17, 15) is 4.79 Å². The van der Waals surface area contributed by atoms with E-state index in [4.69, 9.17) is 5.11 Å². The first-order valence-corrected chi connectivity index (χ1v) is 5.52. The minimum absolute atomic E-state index is 0.00380. The first kappa shape index (κ1) is 13.8. The van der Waals surface area contributed by atoms with Crippen LogP contribution >= 0.6 is 12.6 Å². The average molecular weight is 219 g/mol. The molecule has 0 aromatic heterocycles. The summed E-state index contributed by atoms with van der Waals surface area (Å²) in [5.41, 5.74) is 0. The van der Waals surface area contributed by atoms with Crippen molar-refractivity contribution >= 4 is 18.5 Å². The molecule has 3 unspecified atom stereocenters. The van der Waals surface area contributed by atoms with Gasteiger partial charge in [-0.3, -0.25) is 4.79 Å². The van der Waals surface area contributed by atoms with E-state index in [-0.39, 0.29) is 29.2 Å². The summed E-state index contributed by atoms with van der Waals surface area (Å²) in [6.45, 7) is 7.50. The summed E-state index contributed by atoms with van der Waals surface area (Å²) in [7, 11) is 0. The fourth-order valence-corrected chi connectivity index (χ4v) is 1.28. The third-order valence-corrected chi connectivity index (χ3v) is 2.81.